The molecule has 1 amide bonds. The Labute approximate surface area is 173 Å². The van der Waals surface area contributed by atoms with Gasteiger partial charge in [0.15, 0.2) is 5.78 Å². The number of aliphatic imine (C=N–C) groups is 1. The van der Waals surface area contributed by atoms with Gasteiger partial charge in [-0.15, -0.1) is 0 Å². The van der Waals surface area contributed by atoms with Crippen LogP contribution in [0.25, 0.3) is 0 Å². The van der Waals surface area contributed by atoms with E-state index < -0.39 is 0 Å². The molecule has 2 aliphatic heterocycles. The molecule has 4 rings (SSSR count). The van der Waals surface area contributed by atoms with Gasteiger partial charge in [0.05, 0.1) is 5.92 Å². The van der Waals surface area contributed by atoms with Crippen molar-refractivity contribution in [1.82, 2.24) is 4.90 Å². The monoisotopic (exact) mass is 393 g/mol. The van der Waals surface area contributed by atoms with E-state index in [1.54, 1.807) is 0 Å². The van der Waals surface area contributed by atoms with E-state index >= 15 is 0 Å². The molecule has 3 aliphatic rings. The second-order valence-electron chi connectivity index (χ2n) is 8.72. The van der Waals surface area contributed by atoms with Gasteiger partial charge in [-0.3, -0.25) is 14.6 Å². The minimum Gasteiger partial charge on any atom is -0.378 e. The van der Waals surface area contributed by atoms with Crippen LogP contribution in [0.15, 0.2) is 40.5 Å². The number of hydrogen-bond acceptors (Lipinski definition) is 4. The van der Waals surface area contributed by atoms with Gasteiger partial charge in [-0.25, -0.2) is 0 Å². The van der Waals surface area contributed by atoms with Crippen LogP contribution in [-0.4, -0.2) is 49.5 Å². The minimum atomic E-state index is -0.376. The number of carbonyl (C=O) groups excluding carboxylic acids is 2. The van der Waals surface area contributed by atoms with Gasteiger partial charge in [0.1, 0.15) is 0 Å². The first-order chi connectivity index (χ1) is 14.0. The molecule has 5 nitrogen and oxygen atoms in total. The number of nitrogens with zero attached hydrogens (tertiary/aromatic N) is 3. The fourth-order valence-corrected chi connectivity index (χ4v) is 4.98. The zero-order valence-corrected chi connectivity index (χ0v) is 17.8. The van der Waals surface area contributed by atoms with Crippen LogP contribution in [0.1, 0.15) is 56.9 Å². The predicted octanol–water partition coefficient (Wildman–Crippen LogP) is 3.95. The summed E-state index contributed by atoms with van der Waals surface area (Å²) in [6.07, 6.45) is 5.54. The maximum Gasteiger partial charge on any atom is 0.232 e. The van der Waals surface area contributed by atoms with Crippen molar-refractivity contribution in [3.8, 4) is 0 Å². The zero-order chi connectivity index (χ0) is 20.5. The van der Waals surface area contributed by atoms with Gasteiger partial charge in [0, 0.05) is 62.2 Å². The van der Waals surface area contributed by atoms with E-state index in [4.69, 9.17) is 4.99 Å². The molecule has 1 aromatic carbocycles. The van der Waals surface area contributed by atoms with E-state index in [0.29, 0.717) is 6.42 Å². The van der Waals surface area contributed by atoms with E-state index in [2.05, 4.69) is 29.2 Å². The maximum atomic E-state index is 13.6. The van der Waals surface area contributed by atoms with E-state index in [1.165, 1.54) is 6.42 Å². The van der Waals surface area contributed by atoms with E-state index in [-0.39, 0.29) is 23.5 Å². The number of hydrogen-bond donors (Lipinski definition) is 0. The fourth-order valence-electron chi connectivity index (χ4n) is 4.98. The number of piperidine rings is 1. The molecular weight excluding hydrogens is 362 g/mol. The topological polar surface area (TPSA) is 53.0 Å². The highest BCUT2D eigenvalue weighted by molar-refractivity contribution is 6.10. The molecule has 154 valence electrons. The van der Waals surface area contributed by atoms with Crippen molar-refractivity contribution < 1.29 is 9.59 Å². The SMILES string of the molecule is CC1=NC2=C(C(=O)CCC2)[C@H](c2ccc(N(C)C)cc2)C1C(=O)N1CCCCC1. The second-order valence-corrected chi connectivity index (χ2v) is 8.72. The van der Waals surface area contributed by atoms with Crippen molar-refractivity contribution in [2.75, 3.05) is 32.1 Å². The first-order valence-electron chi connectivity index (χ1n) is 10.8. The van der Waals surface area contributed by atoms with Gasteiger partial charge in [0.25, 0.3) is 0 Å². The normalized spacial score (nSPS) is 24.9. The molecule has 1 unspecified atom stereocenters. The highest BCUT2D eigenvalue weighted by Crippen LogP contribution is 2.44. The molecule has 2 heterocycles. The van der Waals surface area contributed by atoms with E-state index in [0.717, 1.165) is 67.0 Å². The largest absolute Gasteiger partial charge is 0.378 e. The summed E-state index contributed by atoms with van der Waals surface area (Å²) < 4.78 is 0. The molecule has 1 aromatic rings. The molecule has 1 saturated heterocycles. The van der Waals surface area contributed by atoms with Crippen molar-refractivity contribution in [3.05, 3.63) is 41.1 Å². The quantitative estimate of drug-likeness (QED) is 0.781. The fraction of sp³-hybridized carbons (Fsp3) is 0.542. The first-order valence-corrected chi connectivity index (χ1v) is 10.8. The van der Waals surface area contributed by atoms with Crippen LogP contribution in [0.4, 0.5) is 5.69 Å². The Balaban J connectivity index is 1.78. The molecule has 0 radical (unpaired) electrons. The van der Waals surface area contributed by atoms with Gasteiger partial charge in [0.2, 0.25) is 5.91 Å². The Bertz CT molecular complexity index is 861. The van der Waals surface area contributed by atoms with Crippen LogP contribution in [0.3, 0.4) is 0 Å². The summed E-state index contributed by atoms with van der Waals surface area (Å²) >= 11 is 0. The molecule has 1 aliphatic carbocycles. The lowest BCUT2D eigenvalue weighted by Crippen LogP contribution is -2.46. The number of benzene rings is 1. The zero-order valence-electron chi connectivity index (χ0n) is 17.8. The lowest BCUT2D eigenvalue weighted by Gasteiger charge is -2.38. The Morgan fingerprint density at radius 2 is 1.72 bits per heavy atom. The number of allylic oxidation sites excluding steroid dienone is 2. The number of likely N-dealkylation sites (tertiary alicyclic amines) is 1. The molecule has 0 N–H and O–H groups in total. The Hall–Kier alpha value is -2.43. The summed E-state index contributed by atoms with van der Waals surface area (Å²) in [5.74, 6) is -0.293. The number of Topliss-reactive ketones (excluding diaryl/α,β-unsaturated/α-hetero) is 1. The summed E-state index contributed by atoms with van der Waals surface area (Å²) in [6.45, 7) is 3.60. The van der Waals surface area contributed by atoms with Gasteiger partial charge in [-0.2, -0.15) is 0 Å². The van der Waals surface area contributed by atoms with E-state index in [1.807, 2.05) is 25.9 Å². The summed E-state index contributed by atoms with van der Waals surface area (Å²) in [5, 5.41) is 0. The third kappa shape index (κ3) is 3.75. The Morgan fingerprint density at radius 3 is 2.38 bits per heavy atom. The van der Waals surface area contributed by atoms with Gasteiger partial charge in [-0.1, -0.05) is 12.1 Å². The molecule has 2 atom stereocenters. The number of ketones is 1. The van der Waals surface area contributed by atoms with Crippen LogP contribution in [0.5, 0.6) is 0 Å². The minimum absolute atomic E-state index is 0.137. The predicted molar refractivity (Wildman–Crippen MR) is 116 cm³/mol. The number of rotatable bonds is 3. The summed E-state index contributed by atoms with van der Waals surface area (Å²) in [4.78, 5) is 35.4. The smallest absolute Gasteiger partial charge is 0.232 e. The lowest BCUT2D eigenvalue weighted by atomic mass is 9.71. The standard InChI is InChI=1S/C24H31N3O2/c1-16-21(24(29)27-14-5-4-6-15-27)22(17-10-12-18(13-11-17)26(2)3)23-19(25-16)8-7-9-20(23)28/h10-13,21-22H,4-9,14-15H2,1-3H3/t21?,22-/m1/s1. The highest BCUT2D eigenvalue weighted by atomic mass is 16.2. The summed E-state index contributed by atoms with van der Waals surface area (Å²) in [6, 6.07) is 8.32. The van der Waals surface area contributed by atoms with Gasteiger partial charge < -0.3 is 9.80 Å². The third-order valence-corrected chi connectivity index (χ3v) is 6.54. The molecule has 0 spiro atoms. The average Bonchev–Trinajstić information content (AvgIpc) is 2.73. The highest BCUT2D eigenvalue weighted by Gasteiger charge is 2.43. The molecule has 0 saturated carbocycles. The van der Waals surface area contributed by atoms with E-state index in [9.17, 15) is 9.59 Å². The summed E-state index contributed by atoms with van der Waals surface area (Å²) in [7, 11) is 4.03. The first kappa shape index (κ1) is 19.9. The molecular formula is C24H31N3O2. The Morgan fingerprint density at radius 1 is 1.03 bits per heavy atom. The molecule has 1 fully saturated rings. The van der Waals surface area contributed by atoms with Crippen LogP contribution in [0.2, 0.25) is 0 Å². The van der Waals surface area contributed by atoms with Crippen molar-refractivity contribution in [2.24, 2.45) is 10.9 Å². The number of anilines is 1. The number of carbonyl (C=O) groups is 2. The number of amides is 1. The maximum absolute atomic E-state index is 13.6. The molecule has 0 aromatic heterocycles. The van der Waals surface area contributed by atoms with Gasteiger partial charge in [-0.05, 0) is 56.7 Å². The Kier molecular flexibility index (Phi) is 5.57. The summed E-state index contributed by atoms with van der Waals surface area (Å²) in [5.41, 5.74) is 4.70. The third-order valence-electron chi connectivity index (χ3n) is 6.54. The van der Waals surface area contributed by atoms with Crippen molar-refractivity contribution in [3.63, 3.8) is 0 Å². The van der Waals surface area contributed by atoms with Crippen molar-refractivity contribution in [2.45, 2.75) is 51.4 Å². The van der Waals surface area contributed by atoms with Crippen LogP contribution >= 0.6 is 0 Å². The van der Waals surface area contributed by atoms with Crippen molar-refractivity contribution >= 4 is 23.1 Å². The van der Waals surface area contributed by atoms with Crippen LogP contribution in [0, 0.1) is 5.92 Å². The lowest BCUT2D eigenvalue weighted by molar-refractivity contribution is -0.134. The molecule has 0 bridgehead atoms. The van der Waals surface area contributed by atoms with Crippen molar-refractivity contribution in [1.29, 1.82) is 0 Å². The van der Waals surface area contributed by atoms with Crippen LogP contribution in [-0.2, 0) is 9.59 Å². The second kappa shape index (κ2) is 8.13. The average molecular weight is 394 g/mol. The van der Waals surface area contributed by atoms with Crippen LogP contribution < -0.4 is 4.90 Å². The molecule has 5 heteroatoms. The van der Waals surface area contributed by atoms with Gasteiger partial charge >= 0.3 is 0 Å². The molecule has 29 heavy (non-hydrogen) atoms.